The molecule has 0 bridgehead atoms. The van der Waals surface area contributed by atoms with E-state index >= 15 is 0 Å². The molecule has 1 atom stereocenters. The van der Waals surface area contributed by atoms with E-state index in [2.05, 4.69) is 22.6 Å². The third-order valence-electron chi connectivity index (χ3n) is 3.97. The molecule has 3 rings (SSSR count). The van der Waals surface area contributed by atoms with E-state index < -0.39 is 0 Å². The molecule has 17 heavy (non-hydrogen) atoms. The predicted octanol–water partition coefficient (Wildman–Crippen LogP) is 0.759. The summed E-state index contributed by atoms with van der Waals surface area (Å²) in [6, 6.07) is 2.03. The number of piperazine rings is 1. The van der Waals surface area contributed by atoms with Crippen molar-refractivity contribution in [3.63, 3.8) is 0 Å². The third-order valence-corrected chi connectivity index (χ3v) is 4.65. The van der Waals surface area contributed by atoms with Gasteiger partial charge in [-0.25, -0.2) is 0 Å². The number of nitrogens with zero attached hydrogens (tertiary/aromatic N) is 2. The summed E-state index contributed by atoms with van der Waals surface area (Å²) in [7, 11) is 2.07. The number of thiophene rings is 1. The summed E-state index contributed by atoms with van der Waals surface area (Å²) >= 11 is 1.64. The van der Waals surface area contributed by atoms with Gasteiger partial charge in [0, 0.05) is 18.5 Å². The first-order valence-corrected chi connectivity index (χ1v) is 6.90. The van der Waals surface area contributed by atoms with Crippen LogP contribution in [0.3, 0.4) is 0 Å². The van der Waals surface area contributed by atoms with Crippen LogP contribution in [0.25, 0.3) is 0 Å². The molecule has 0 aliphatic carbocycles. The minimum Gasteiger partial charge on any atom is -0.315 e. The van der Waals surface area contributed by atoms with Crippen LogP contribution in [0.1, 0.15) is 6.42 Å². The van der Waals surface area contributed by atoms with Gasteiger partial charge >= 0.3 is 0 Å². The Morgan fingerprint density at radius 3 is 3.06 bits per heavy atom. The minimum absolute atomic E-state index is 0.135. The van der Waals surface area contributed by atoms with E-state index in [1.165, 1.54) is 0 Å². The van der Waals surface area contributed by atoms with Crippen molar-refractivity contribution in [2.24, 2.45) is 0 Å². The van der Waals surface area contributed by atoms with E-state index in [1.54, 1.807) is 11.3 Å². The van der Waals surface area contributed by atoms with Crippen LogP contribution in [0.5, 0.6) is 0 Å². The summed E-state index contributed by atoms with van der Waals surface area (Å²) in [6.45, 7) is 3.37. The van der Waals surface area contributed by atoms with E-state index in [-0.39, 0.29) is 11.4 Å². The van der Waals surface area contributed by atoms with E-state index in [9.17, 15) is 4.79 Å². The minimum atomic E-state index is 0.135. The maximum absolute atomic E-state index is 12.1. The Hall–Kier alpha value is -0.910. The lowest BCUT2D eigenvalue weighted by Crippen LogP contribution is -2.64. The fraction of sp³-hybridized carbons (Fsp3) is 0.583. The molecule has 5 heteroatoms. The van der Waals surface area contributed by atoms with Gasteiger partial charge in [-0.1, -0.05) is 0 Å². The number of amides is 1. The molecular weight excluding hydrogens is 234 g/mol. The SMILES string of the molecule is CN1CC(=O)N(c2ccsc2)C[C@@]12CCNC2. The highest BCUT2D eigenvalue weighted by molar-refractivity contribution is 7.08. The third kappa shape index (κ3) is 1.78. The van der Waals surface area contributed by atoms with Crippen LogP contribution >= 0.6 is 11.3 Å². The topological polar surface area (TPSA) is 35.6 Å². The van der Waals surface area contributed by atoms with Gasteiger partial charge in [0.1, 0.15) is 0 Å². The summed E-state index contributed by atoms with van der Waals surface area (Å²) in [5.41, 5.74) is 1.19. The van der Waals surface area contributed by atoms with Crippen LogP contribution in [0.15, 0.2) is 16.8 Å². The highest BCUT2D eigenvalue weighted by atomic mass is 32.1. The van der Waals surface area contributed by atoms with Gasteiger partial charge in [-0.2, -0.15) is 11.3 Å². The van der Waals surface area contributed by atoms with Gasteiger partial charge in [0.05, 0.1) is 17.8 Å². The predicted molar refractivity (Wildman–Crippen MR) is 69.5 cm³/mol. The fourth-order valence-electron chi connectivity index (χ4n) is 2.80. The van der Waals surface area contributed by atoms with Crippen LogP contribution in [-0.2, 0) is 4.79 Å². The standard InChI is InChI=1S/C12H17N3OS/c1-14-6-11(16)15(10-2-5-17-7-10)9-12(14)3-4-13-8-12/h2,5,7,13H,3-4,6,8-9H2,1H3/t12-/m0/s1. The molecule has 0 aromatic carbocycles. The molecule has 2 aliphatic rings. The number of carbonyl (C=O) groups is 1. The van der Waals surface area contributed by atoms with Gasteiger partial charge in [0.2, 0.25) is 5.91 Å². The number of hydrogen-bond donors (Lipinski definition) is 1. The first kappa shape index (κ1) is 11.2. The summed E-state index contributed by atoms with van der Waals surface area (Å²) in [5, 5.41) is 7.50. The Balaban J connectivity index is 1.88. The maximum Gasteiger partial charge on any atom is 0.241 e. The average Bonchev–Trinajstić information content (AvgIpc) is 2.96. The zero-order valence-corrected chi connectivity index (χ0v) is 10.8. The lowest BCUT2D eigenvalue weighted by atomic mass is 9.93. The van der Waals surface area contributed by atoms with Crippen molar-refractivity contribution in [2.75, 3.05) is 38.1 Å². The number of anilines is 1. The number of hydrogen-bond acceptors (Lipinski definition) is 4. The summed E-state index contributed by atoms with van der Waals surface area (Å²) in [4.78, 5) is 16.3. The molecule has 92 valence electrons. The van der Waals surface area contributed by atoms with Gasteiger partial charge < -0.3 is 10.2 Å². The normalized spacial score (nSPS) is 30.4. The van der Waals surface area contributed by atoms with E-state index in [1.807, 2.05) is 16.3 Å². The summed E-state index contributed by atoms with van der Waals surface area (Å²) in [5.74, 6) is 0.212. The Morgan fingerprint density at radius 1 is 1.53 bits per heavy atom. The fourth-order valence-corrected chi connectivity index (χ4v) is 3.44. The van der Waals surface area contributed by atoms with Gasteiger partial charge in [-0.05, 0) is 31.5 Å². The molecule has 2 saturated heterocycles. The molecule has 0 unspecified atom stereocenters. The Labute approximate surface area is 105 Å². The Kier molecular flexibility index (Phi) is 2.69. The molecule has 4 nitrogen and oxygen atoms in total. The molecule has 1 N–H and O–H groups in total. The first-order chi connectivity index (χ1) is 8.21. The Morgan fingerprint density at radius 2 is 2.41 bits per heavy atom. The van der Waals surface area contributed by atoms with Crippen LogP contribution in [-0.4, -0.2) is 49.6 Å². The monoisotopic (exact) mass is 251 g/mol. The summed E-state index contributed by atoms with van der Waals surface area (Å²) < 4.78 is 0. The maximum atomic E-state index is 12.1. The molecule has 1 spiro atoms. The van der Waals surface area contributed by atoms with Gasteiger partial charge in [-0.3, -0.25) is 9.69 Å². The van der Waals surface area contributed by atoms with Crippen molar-refractivity contribution < 1.29 is 4.79 Å². The molecule has 0 radical (unpaired) electrons. The lowest BCUT2D eigenvalue weighted by molar-refractivity contribution is -0.123. The molecule has 1 aromatic rings. The average molecular weight is 251 g/mol. The van der Waals surface area contributed by atoms with Gasteiger partial charge in [0.15, 0.2) is 0 Å². The second kappa shape index (κ2) is 4.08. The molecule has 3 heterocycles. The first-order valence-electron chi connectivity index (χ1n) is 5.96. The zero-order valence-electron chi connectivity index (χ0n) is 9.98. The second-order valence-corrected chi connectivity index (χ2v) is 5.75. The van der Waals surface area contributed by atoms with E-state index in [0.717, 1.165) is 31.7 Å². The van der Waals surface area contributed by atoms with Crippen molar-refractivity contribution >= 4 is 22.9 Å². The van der Waals surface area contributed by atoms with Crippen LogP contribution in [0.4, 0.5) is 5.69 Å². The quantitative estimate of drug-likeness (QED) is 0.800. The Bertz CT molecular complexity index is 411. The smallest absolute Gasteiger partial charge is 0.241 e. The molecule has 0 saturated carbocycles. The highest BCUT2D eigenvalue weighted by Gasteiger charge is 2.45. The van der Waals surface area contributed by atoms with Crippen molar-refractivity contribution in [1.82, 2.24) is 10.2 Å². The number of likely N-dealkylation sites (N-methyl/N-ethyl adjacent to an activating group) is 1. The van der Waals surface area contributed by atoms with Gasteiger partial charge in [-0.15, -0.1) is 0 Å². The zero-order chi connectivity index (χ0) is 11.9. The van der Waals surface area contributed by atoms with Gasteiger partial charge in [0.25, 0.3) is 0 Å². The largest absolute Gasteiger partial charge is 0.315 e. The van der Waals surface area contributed by atoms with Crippen molar-refractivity contribution in [3.05, 3.63) is 16.8 Å². The molecule has 1 amide bonds. The number of nitrogens with one attached hydrogen (secondary N) is 1. The van der Waals surface area contributed by atoms with E-state index in [0.29, 0.717) is 6.54 Å². The lowest BCUT2D eigenvalue weighted by Gasteiger charge is -2.46. The summed E-state index contributed by atoms with van der Waals surface area (Å²) in [6.07, 6.45) is 1.12. The van der Waals surface area contributed by atoms with Crippen molar-refractivity contribution in [3.8, 4) is 0 Å². The molecule has 1 aromatic heterocycles. The number of rotatable bonds is 1. The van der Waals surface area contributed by atoms with Crippen LogP contribution < -0.4 is 10.2 Å². The van der Waals surface area contributed by atoms with Crippen molar-refractivity contribution in [1.29, 1.82) is 0 Å². The molecular formula is C12H17N3OS. The molecule has 2 fully saturated rings. The second-order valence-electron chi connectivity index (χ2n) is 4.97. The molecule has 2 aliphatic heterocycles. The van der Waals surface area contributed by atoms with E-state index in [4.69, 9.17) is 0 Å². The van der Waals surface area contributed by atoms with Crippen LogP contribution in [0.2, 0.25) is 0 Å². The van der Waals surface area contributed by atoms with Crippen LogP contribution in [0, 0.1) is 0 Å². The van der Waals surface area contributed by atoms with Crippen molar-refractivity contribution in [2.45, 2.75) is 12.0 Å². The highest BCUT2D eigenvalue weighted by Crippen LogP contribution is 2.30. The number of carbonyl (C=O) groups excluding carboxylic acids is 1.